The van der Waals surface area contributed by atoms with Crippen molar-refractivity contribution in [1.82, 2.24) is 10.5 Å². The van der Waals surface area contributed by atoms with E-state index in [-0.39, 0.29) is 12.5 Å². The van der Waals surface area contributed by atoms with Gasteiger partial charge in [0.15, 0.2) is 0 Å². The highest BCUT2D eigenvalue weighted by molar-refractivity contribution is 6.33. The van der Waals surface area contributed by atoms with Crippen LogP contribution in [0, 0.1) is 6.92 Å². The average molecular weight is 321 g/mol. The molecule has 116 valence electrons. The first-order valence-electron chi connectivity index (χ1n) is 7.22. The number of rotatable bonds is 4. The SMILES string of the molecule is Cc1onc(-c2ccccc2Cl)c1C(=O)NCC1(O)CCC1. The molecule has 22 heavy (non-hydrogen) atoms. The number of hydrogen-bond acceptors (Lipinski definition) is 4. The van der Waals surface area contributed by atoms with Crippen LogP contribution >= 0.6 is 11.6 Å². The quantitative estimate of drug-likeness (QED) is 0.908. The van der Waals surface area contributed by atoms with Gasteiger partial charge in [-0.15, -0.1) is 0 Å². The third kappa shape index (κ3) is 2.74. The summed E-state index contributed by atoms with van der Waals surface area (Å²) in [6.45, 7) is 1.92. The van der Waals surface area contributed by atoms with Crippen LogP contribution in [0.15, 0.2) is 28.8 Å². The molecule has 6 heteroatoms. The van der Waals surface area contributed by atoms with Gasteiger partial charge < -0.3 is 14.9 Å². The summed E-state index contributed by atoms with van der Waals surface area (Å²) in [7, 11) is 0. The molecule has 0 radical (unpaired) electrons. The lowest BCUT2D eigenvalue weighted by Crippen LogP contribution is -2.47. The fourth-order valence-corrected chi connectivity index (χ4v) is 2.80. The van der Waals surface area contributed by atoms with Crippen molar-refractivity contribution in [2.75, 3.05) is 6.54 Å². The summed E-state index contributed by atoms with van der Waals surface area (Å²) in [4.78, 5) is 12.5. The second-order valence-electron chi connectivity index (χ2n) is 5.70. The maximum absolute atomic E-state index is 12.5. The smallest absolute Gasteiger partial charge is 0.257 e. The molecular formula is C16H17ClN2O3. The van der Waals surface area contributed by atoms with Gasteiger partial charge in [0.2, 0.25) is 0 Å². The minimum atomic E-state index is -0.773. The van der Waals surface area contributed by atoms with E-state index < -0.39 is 5.60 Å². The van der Waals surface area contributed by atoms with Gasteiger partial charge in [-0.05, 0) is 32.3 Å². The van der Waals surface area contributed by atoms with Gasteiger partial charge in [-0.3, -0.25) is 4.79 Å². The van der Waals surface area contributed by atoms with E-state index in [0.29, 0.717) is 40.4 Å². The molecule has 0 unspecified atom stereocenters. The van der Waals surface area contributed by atoms with Crippen molar-refractivity contribution in [3.8, 4) is 11.3 Å². The molecule has 1 aliphatic carbocycles. The Morgan fingerprint density at radius 1 is 1.45 bits per heavy atom. The van der Waals surface area contributed by atoms with Crippen molar-refractivity contribution in [2.45, 2.75) is 31.8 Å². The number of aromatic nitrogens is 1. The molecule has 1 aliphatic rings. The highest BCUT2D eigenvalue weighted by atomic mass is 35.5. The zero-order chi connectivity index (χ0) is 15.7. The molecule has 1 saturated carbocycles. The van der Waals surface area contributed by atoms with Gasteiger partial charge in [0.25, 0.3) is 5.91 Å². The van der Waals surface area contributed by atoms with Crippen molar-refractivity contribution >= 4 is 17.5 Å². The van der Waals surface area contributed by atoms with Crippen molar-refractivity contribution in [3.63, 3.8) is 0 Å². The monoisotopic (exact) mass is 320 g/mol. The summed E-state index contributed by atoms with van der Waals surface area (Å²) in [5, 5.41) is 17.3. The predicted molar refractivity (Wildman–Crippen MR) is 82.8 cm³/mol. The van der Waals surface area contributed by atoms with Crippen LogP contribution in [-0.2, 0) is 0 Å². The number of carbonyl (C=O) groups is 1. The summed E-state index contributed by atoms with van der Waals surface area (Å²) < 4.78 is 5.17. The Morgan fingerprint density at radius 2 is 2.18 bits per heavy atom. The van der Waals surface area contributed by atoms with Crippen molar-refractivity contribution in [2.24, 2.45) is 0 Å². The fourth-order valence-electron chi connectivity index (χ4n) is 2.57. The van der Waals surface area contributed by atoms with Crippen molar-refractivity contribution in [3.05, 3.63) is 40.6 Å². The number of nitrogens with zero attached hydrogens (tertiary/aromatic N) is 1. The molecule has 1 aromatic heterocycles. The number of benzene rings is 1. The minimum Gasteiger partial charge on any atom is -0.388 e. The van der Waals surface area contributed by atoms with Crippen LogP contribution in [0.25, 0.3) is 11.3 Å². The summed E-state index contributed by atoms with van der Waals surface area (Å²) in [6, 6.07) is 7.16. The third-order valence-corrected chi connectivity index (χ3v) is 4.41. The normalized spacial score (nSPS) is 16.1. The Bertz CT molecular complexity index is 707. The molecule has 2 aromatic rings. The predicted octanol–water partition coefficient (Wildman–Crippen LogP) is 2.95. The Labute approximate surface area is 133 Å². The van der Waals surface area contributed by atoms with Gasteiger partial charge in [-0.2, -0.15) is 0 Å². The Balaban J connectivity index is 1.86. The van der Waals surface area contributed by atoms with E-state index in [1.807, 2.05) is 12.1 Å². The number of hydrogen-bond donors (Lipinski definition) is 2. The molecule has 0 spiro atoms. The molecule has 1 fully saturated rings. The lowest BCUT2D eigenvalue weighted by Gasteiger charge is -2.36. The highest BCUT2D eigenvalue weighted by Gasteiger charge is 2.35. The topological polar surface area (TPSA) is 75.4 Å². The van der Waals surface area contributed by atoms with E-state index in [4.69, 9.17) is 16.1 Å². The highest BCUT2D eigenvalue weighted by Crippen LogP contribution is 2.32. The Hall–Kier alpha value is -1.85. The number of amides is 1. The van der Waals surface area contributed by atoms with E-state index in [0.717, 1.165) is 6.42 Å². The van der Waals surface area contributed by atoms with Crippen LogP contribution < -0.4 is 5.32 Å². The lowest BCUT2D eigenvalue weighted by molar-refractivity contribution is -0.0300. The number of aliphatic hydroxyl groups is 1. The maximum atomic E-state index is 12.5. The number of aryl methyl sites for hydroxylation is 1. The van der Waals surface area contributed by atoms with Crippen LogP contribution in [0.3, 0.4) is 0 Å². The minimum absolute atomic E-state index is 0.235. The van der Waals surface area contributed by atoms with Gasteiger partial charge in [0.05, 0.1) is 10.6 Å². The summed E-state index contributed by atoms with van der Waals surface area (Å²) in [6.07, 6.45) is 2.42. The molecule has 1 amide bonds. The standard InChI is InChI=1S/C16H17ClN2O3/c1-10-13(15(20)18-9-16(21)7-4-8-16)14(19-22-10)11-5-2-3-6-12(11)17/h2-3,5-6,21H,4,7-9H2,1H3,(H,18,20). The summed E-state index contributed by atoms with van der Waals surface area (Å²) in [5.41, 5.74) is 0.649. The first-order valence-corrected chi connectivity index (χ1v) is 7.60. The molecule has 1 aromatic carbocycles. The van der Waals surface area contributed by atoms with Crippen LogP contribution in [-0.4, -0.2) is 28.3 Å². The fraction of sp³-hybridized carbons (Fsp3) is 0.375. The zero-order valence-corrected chi connectivity index (χ0v) is 13.0. The van der Waals surface area contributed by atoms with Gasteiger partial charge in [0.1, 0.15) is 17.0 Å². The molecule has 0 atom stereocenters. The molecular weight excluding hydrogens is 304 g/mol. The zero-order valence-electron chi connectivity index (χ0n) is 12.2. The molecule has 0 aliphatic heterocycles. The maximum Gasteiger partial charge on any atom is 0.257 e. The van der Waals surface area contributed by atoms with Gasteiger partial charge in [-0.1, -0.05) is 35.0 Å². The van der Waals surface area contributed by atoms with Crippen LogP contribution in [0.1, 0.15) is 35.4 Å². The molecule has 0 saturated heterocycles. The van der Waals surface area contributed by atoms with Crippen LogP contribution in [0.5, 0.6) is 0 Å². The number of nitrogens with one attached hydrogen (secondary N) is 1. The van der Waals surface area contributed by atoms with Crippen LogP contribution in [0.2, 0.25) is 5.02 Å². The van der Waals surface area contributed by atoms with E-state index in [1.54, 1.807) is 19.1 Å². The lowest BCUT2D eigenvalue weighted by atomic mass is 9.80. The first-order chi connectivity index (χ1) is 10.5. The van der Waals surface area contributed by atoms with Gasteiger partial charge in [0, 0.05) is 12.1 Å². The van der Waals surface area contributed by atoms with Gasteiger partial charge >= 0.3 is 0 Å². The Morgan fingerprint density at radius 3 is 2.82 bits per heavy atom. The van der Waals surface area contributed by atoms with Gasteiger partial charge in [-0.25, -0.2) is 0 Å². The largest absolute Gasteiger partial charge is 0.388 e. The molecule has 5 nitrogen and oxygen atoms in total. The molecule has 0 bridgehead atoms. The second kappa shape index (κ2) is 5.74. The summed E-state index contributed by atoms with van der Waals surface area (Å²) >= 11 is 6.17. The Kier molecular flexibility index (Phi) is 3.93. The second-order valence-corrected chi connectivity index (χ2v) is 6.11. The third-order valence-electron chi connectivity index (χ3n) is 4.08. The molecule has 3 rings (SSSR count). The first kappa shape index (κ1) is 15.1. The van der Waals surface area contributed by atoms with E-state index in [9.17, 15) is 9.90 Å². The van der Waals surface area contributed by atoms with Crippen LogP contribution in [0.4, 0.5) is 0 Å². The van der Waals surface area contributed by atoms with Crippen molar-refractivity contribution < 1.29 is 14.4 Å². The van der Waals surface area contributed by atoms with E-state index >= 15 is 0 Å². The number of halogens is 1. The van der Waals surface area contributed by atoms with E-state index in [1.165, 1.54) is 0 Å². The van der Waals surface area contributed by atoms with E-state index in [2.05, 4.69) is 10.5 Å². The molecule has 1 heterocycles. The molecule has 2 N–H and O–H groups in total. The number of carbonyl (C=O) groups excluding carboxylic acids is 1. The van der Waals surface area contributed by atoms with Crippen molar-refractivity contribution in [1.29, 1.82) is 0 Å². The summed E-state index contributed by atoms with van der Waals surface area (Å²) in [5.74, 6) is 0.113. The average Bonchev–Trinajstić information content (AvgIpc) is 2.85.